The number of nitrogens with two attached hydrogens (primary N) is 1. The molecule has 1 rings (SSSR count). The van der Waals surface area contributed by atoms with Crippen molar-refractivity contribution >= 4 is 0 Å². The Hall–Kier alpha value is -0.860. The van der Waals surface area contributed by atoms with Crippen molar-refractivity contribution in [1.82, 2.24) is 0 Å². The molecule has 84 valence electrons. The number of aliphatic hydroxyl groups is 1. The van der Waals surface area contributed by atoms with E-state index in [2.05, 4.69) is 25.1 Å². The third kappa shape index (κ3) is 4.02. The second kappa shape index (κ2) is 6.59. The van der Waals surface area contributed by atoms with Gasteiger partial charge in [-0.05, 0) is 48.9 Å². The van der Waals surface area contributed by atoms with Gasteiger partial charge < -0.3 is 10.8 Å². The first kappa shape index (κ1) is 12.2. The molecule has 0 saturated heterocycles. The SMILES string of the molecule is CCc1cc(CO)cc(CCCCN)c1. The van der Waals surface area contributed by atoms with Crippen LogP contribution < -0.4 is 5.73 Å². The topological polar surface area (TPSA) is 46.2 Å². The molecule has 2 heteroatoms. The maximum Gasteiger partial charge on any atom is 0.0682 e. The Labute approximate surface area is 92.1 Å². The highest BCUT2D eigenvalue weighted by Crippen LogP contribution is 2.13. The molecular formula is C13H21NO. The van der Waals surface area contributed by atoms with E-state index in [0.717, 1.165) is 37.8 Å². The van der Waals surface area contributed by atoms with Crippen LogP contribution in [0.15, 0.2) is 18.2 Å². The second-order valence-corrected chi connectivity index (χ2v) is 3.92. The van der Waals surface area contributed by atoms with Gasteiger partial charge in [-0.15, -0.1) is 0 Å². The number of hydrogen-bond donors (Lipinski definition) is 2. The summed E-state index contributed by atoms with van der Waals surface area (Å²) in [5.41, 5.74) is 9.13. The fourth-order valence-corrected chi connectivity index (χ4v) is 1.75. The van der Waals surface area contributed by atoms with E-state index in [1.165, 1.54) is 11.1 Å². The molecule has 2 nitrogen and oxygen atoms in total. The summed E-state index contributed by atoms with van der Waals surface area (Å²) >= 11 is 0. The Morgan fingerprint density at radius 3 is 2.33 bits per heavy atom. The largest absolute Gasteiger partial charge is 0.392 e. The fraction of sp³-hybridized carbons (Fsp3) is 0.538. The predicted molar refractivity (Wildman–Crippen MR) is 63.7 cm³/mol. The highest BCUT2D eigenvalue weighted by atomic mass is 16.3. The Morgan fingerprint density at radius 2 is 1.73 bits per heavy atom. The molecule has 1 aromatic carbocycles. The Bertz CT molecular complexity index is 274. The summed E-state index contributed by atoms with van der Waals surface area (Å²) < 4.78 is 0. The van der Waals surface area contributed by atoms with E-state index in [9.17, 15) is 0 Å². The van der Waals surface area contributed by atoms with Crippen LogP contribution >= 0.6 is 0 Å². The summed E-state index contributed by atoms with van der Waals surface area (Å²) in [6, 6.07) is 6.40. The first-order chi connectivity index (χ1) is 7.30. The molecule has 0 saturated carbocycles. The van der Waals surface area contributed by atoms with Crippen molar-refractivity contribution in [3.05, 3.63) is 34.9 Å². The van der Waals surface area contributed by atoms with Crippen molar-refractivity contribution in [1.29, 1.82) is 0 Å². The Balaban J connectivity index is 2.68. The van der Waals surface area contributed by atoms with Gasteiger partial charge in [0.2, 0.25) is 0 Å². The van der Waals surface area contributed by atoms with Gasteiger partial charge in [-0.2, -0.15) is 0 Å². The van der Waals surface area contributed by atoms with Gasteiger partial charge in [0.05, 0.1) is 6.61 Å². The number of aryl methyl sites for hydroxylation is 2. The van der Waals surface area contributed by atoms with Crippen molar-refractivity contribution in [2.45, 2.75) is 39.2 Å². The van der Waals surface area contributed by atoms with E-state index in [1.807, 2.05) is 0 Å². The zero-order valence-electron chi connectivity index (χ0n) is 9.50. The van der Waals surface area contributed by atoms with Crippen LogP contribution in [0.4, 0.5) is 0 Å². The van der Waals surface area contributed by atoms with Crippen LogP contribution in [0.3, 0.4) is 0 Å². The monoisotopic (exact) mass is 207 g/mol. The minimum absolute atomic E-state index is 0.137. The van der Waals surface area contributed by atoms with Gasteiger partial charge in [-0.3, -0.25) is 0 Å². The highest BCUT2D eigenvalue weighted by Gasteiger charge is 1.99. The lowest BCUT2D eigenvalue weighted by molar-refractivity contribution is 0.281. The minimum Gasteiger partial charge on any atom is -0.392 e. The number of aliphatic hydroxyl groups excluding tert-OH is 1. The van der Waals surface area contributed by atoms with E-state index in [-0.39, 0.29) is 6.61 Å². The molecule has 3 N–H and O–H groups in total. The van der Waals surface area contributed by atoms with Crippen molar-refractivity contribution in [3.8, 4) is 0 Å². The molecule has 0 aromatic heterocycles. The Morgan fingerprint density at radius 1 is 1.07 bits per heavy atom. The molecule has 0 aliphatic rings. The molecule has 0 aliphatic heterocycles. The molecule has 0 amide bonds. The van der Waals surface area contributed by atoms with Crippen LogP contribution in [0.25, 0.3) is 0 Å². The zero-order chi connectivity index (χ0) is 11.1. The van der Waals surface area contributed by atoms with Gasteiger partial charge in [0.25, 0.3) is 0 Å². The number of benzene rings is 1. The molecule has 1 aromatic rings. The molecule has 15 heavy (non-hydrogen) atoms. The fourth-order valence-electron chi connectivity index (χ4n) is 1.75. The van der Waals surface area contributed by atoms with E-state index >= 15 is 0 Å². The van der Waals surface area contributed by atoms with Crippen LogP contribution in [0.2, 0.25) is 0 Å². The van der Waals surface area contributed by atoms with Crippen molar-refractivity contribution in [2.75, 3.05) is 6.54 Å². The average molecular weight is 207 g/mol. The maximum absolute atomic E-state index is 9.13. The standard InChI is InChI=1S/C13H21NO/c1-2-11-7-12(5-3-4-6-14)9-13(8-11)10-15/h7-9,15H,2-6,10,14H2,1H3. The third-order valence-electron chi connectivity index (χ3n) is 2.62. The normalized spacial score (nSPS) is 10.6. The van der Waals surface area contributed by atoms with Crippen LogP contribution in [0.1, 0.15) is 36.5 Å². The zero-order valence-corrected chi connectivity index (χ0v) is 9.50. The third-order valence-corrected chi connectivity index (χ3v) is 2.62. The van der Waals surface area contributed by atoms with E-state index in [4.69, 9.17) is 10.8 Å². The van der Waals surface area contributed by atoms with Gasteiger partial charge in [-0.1, -0.05) is 25.1 Å². The molecule has 0 radical (unpaired) electrons. The number of rotatable bonds is 6. The summed E-state index contributed by atoms with van der Waals surface area (Å²) in [4.78, 5) is 0. The minimum atomic E-state index is 0.137. The average Bonchev–Trinajstić information content (AvgIpc) is 2.29. The smallest absolute Gasteiger partial charge is 0.0682 e. The summed E-state index contributed by atoms with van der Waals surface area (Å²) in [6.07, 6.45) is 4.30. The number of hydrogen-bond acceptors (Lipinski definition) is 2. The molecule has 0 aliphatic carbocycles. The summed E-state index contributed by atoms with van der Waals surface area (Å²) in [5, 5.41) is 9.13. The summed E-state index contributed by atoms with van der Waals surface area (Å²) in [6.45, 7) is 3.04. The van der Waals surface area contributed by atoms with Gasteiger partial charge in [0, 0.05) is 0 Å². The highest BCUT2D eigenvalue weighted by molar-refractivity contribution is 5.30. The van der Waals surface area contributed by atoms with Gasteiger partial charge in [-0.25, -0.2) is 0 Å². The van der Waals surface area contributed by atoms with Crippen LogP contribution in [-0.2, 0) is 19.4 Å². The number of unbranched alkanes of at least 4 members (excludes halogenated alkanes) is 1. The van der Waals surface area contributed by atoms with Gasteiger partial charge >= 0.3 is 0 Å². The first-order valence-electron chi connectivity index (χ1n) is 5.72. The quantitative estimate of drug-likeness (QED) is 0.701. The van der Waals surface area contributed by atoms with Crippen molar-refractivity contribution < 1.29 is 5.11 Å². The van der Waals surface area contributed by atoms with Crippen LogP contribution in [0.5, 0.6) is 0 Å². The lowest BCUT2D eigenvalue weighted by Gasteiger charge is -2.07. The lowest BCUT2D eigenvalue weighted by Crippen LogP contribution is -1.99. The van der Waals surface area contributed by atoms with Crippen LogP contribution in [0, 0.1) is 0 Å². The van der Waals surface area contributed by atoms with E-state index in [1.54, 1.807) is 0 Å². The maximum atomic E-state index is 9.13. The summed E-state index contributed by atoms with van der Waals surface area (Å²) in [5.74, 6) is 0. The van der Waals surface area contributed by atoms with E-state index in [0.29, 0.717) is 0 Å². The van der Waals surface area contributed by atoms with E-state index < -0.39 is 0 Å². The molecule has 0 spiro atoms. The molecule has 0 heterocycles. The predicted octanol–water partition coefficient (Wildman–Crippen LogP) is 2.02. The van der Waals surface area contributed by atoms with Gasteiger partial charge in [0.1, 0.15) is 0 Å². The Kier molecular flexibility index (Phi) is 5.37. The molecular weight excluding hydrogens is 186 g/mol. The van der Waals surface area contributed by atoms with Crippen molar-refractivity contribution in [3.63, 3.8) is 0 Å². The molecule has 0 bridgehead atoms. The lowest BCUT2D eigenvalue weighted by atomic mass is 10.0. The van der Waals surface area contributed by atoms with Gasteiger partial charge in [0.15, 0.2) is 0 Å². The molecule has 0 fully saturated rings. The summed E-state index contributed by atoms with van der Waals surface area (Å²) in [7, 11) is 0. The molecule has 0 unspecified atom stereocenters. The second-order valence-electron chi connectivity index (χ2n) is 3.92. The first-order valence-corrected chi connectivity index (χ1v) is 5.72. The van der Waals surface area contributed by atoms with Crippen LogP contribution in [-0.4, -0.2) is 11.7 Å². The van der Waals surface area contributed by atoms with Crippen molar-refractivity contribution in [2.24, 2.45) is 5.73 Å². The molecule has 0 atom stereocenters.